The van der Waals surface area contributed by atoms with E-state index in [4.69, 9.17) is 16.3 Å². The lowest BCUT2D eigenvalue weighted by Crippen LogP contribution is -2.54. The number of nitrogens with zero attached hydrogens (tertiary/aromatic N) is 1. The first-order valence-electron chi connectivity index (χ1n) is 9.50. The number of ether oxygens (including phenoxy) is 1. The molecule has 3 rings (SSSR count). The van der Waals surface area contributed by atoms with Gasteiger partial charge in [0.05, 0.1) is 12.8 Å². The third-order valence-electron chi connectivity index (χ3n) is 5.06. The van der Waals surface area contributed by atoms with Crippen LogP contribution in [0.3, 0.4) is 0 Å². The molecule has 1 fully saturated rings. The van der Waals surface area contributed by atoms with Gasteiger partial charge in [0.15, 0.2) is 0 Å². The van der Waals surface area contributed by atoms with E-state index in [1.807, 2.05) is 39.8 Å². The van der Waals surface area contributed by atoms with Gasteiger partial charge in [-0.05, 0) is 72.4 Å². The van der Waals surface area contributed by atoms with Gasteiger partial charge in [0.25, 0.3) is 11.8 Å². The van der Waals surface area contributed by atoms with Gasteiger partial charge < -0.3 is 4.74 Å². The van der Waals surface area contributed by atoms with E-state index in [9.17, 15) is 14.4 Å². The summed E-state index contributed by atoms with van der Waals surface area (Å²) >= 11 is 6.16. The van der Waals surface area contributed by atoms with Crippen molar-refractivity contribution in [2.45, 2.75) is 33.6 Å². The normalized spacial score (nSPS) is 15.8. The predicted octanol–water partition coefficient (Wildman–Crippen LogP) is 4.76. The van der Waals surface area contributed by atoms with Gasteiger partial charge in [-0.25, -0.2) is 9.69 Å². The molecule has 0 bridgehead atoms. The Bertz CT molecular complexity index is 1090. The average Bonchev–Trinajstić information content (AvgIpc) is 2.68. The van der Waals surface area contributed by atoms with Crippen LogP contribution in [0, 0.1) is 13.8 Å². The lowest BCUT2D eigenvalue weighted by atomic mass is 9.95. The van der Waals surface area contributed by atoms with Crippen molar-refractivity contribution in [3.63, 3.8) is 0 Å². The van der Waals surface area contributed by atoms with Gasteiger partial charge in [-0.3, -0.25) is 14.9 Å². The Morgan fingerprint density at radius 1 is 1.07 bits per heavy atom. The summed E-state index contributed by atoms with van der Waals surface area (Å²) in [5.41, 5.74) is 3.47. The van der Waals surface area contributed by atoms with Crippen LogP contribution in [-0.2, 0) is 9.59 Å². The zero-order chi connectivity index (χ0) is 22.2. The van der Waals surface area contributed by atoms with Crippen molar-refractivity contribution in [3.05, 3.63) is 63.2 Å². The zero-order valence-corrected chi connectivity index (χ0v) is 18.3. The average molecular weight is 427 g/mol. The standard InChI is InChI=1S/C23H23ClN2O4/c1-12(2)17-9-15(14(4)8-20(17)30-5)10-18-21(27)25-23(29)26(22(18)28)16-7-6-13(3)19(24)11-16/h6-12H,1-5H3,(H,25,27,29)/b18-10-. The minimum absolute atomic E-state index is 0.130. The SMILES string of the molecule is COc1cc(C)c(/C=C2/C(=O)NC(=O)N(c3ccc(C)c(Cl)c3)C2=O)cc1C(C)C. The Labute approximate surface area is 180 Å². The summed E-state index contributed by atoms with van der Waals surface area (Å²) in [5.74, 6) is -0.512. The molecule has 0 aliphatic carbocycles. The molecule has 1 aliphatic rings. The summed E-state index contributed by atoms with van der Waals surface area (Å²) in [6.45, 7) is 7.75. The number of barbiturate groups is 1. The maximum Gasteiger partial charge on any atom is 0.335 e. The highest BCUT2D eigenvalue weighted by Gasteiger charge is 2.37. The summed E-state index contributed by atoms with van der Waals surface area (Å²) in [7, 11) is 1.60. The first kappa shape index (κ1) is 21.6. The number of benzene rings is 2. The smallest absolute Gasteiger partial charge is 0.335 e. The number of anilines is 1. The fourth-order valence-electron chi connectivity index (χ4n) is 3.27. The molecule has 1 heterocycles. The maximum atomic E-state index is 13.1. The number of aryl methyl sites for hydroxylation is 2. The second-order valence-electron chi connectivity index (χ2n) is 7.50. The molecule has 0 spiro atoms. The molecule has 7 heteroatoms. The van der Waals surface area contributed by atoms with E-state index in [0.29, 0.717) is 16.3 Å². The van der Waals surface area contributed by atoms with Gasteiger partial charge in [0, 0.05) is 5.02 Å². The van der Waals surface area contributed by atoms with Crippen LogP contribution in [0.15, 0.2) is 35.9 Å². The van der Waals surface area contributed by atoms with E-state index in [2.05, 4.69) is 5.32 Å². The Balaban J connectivity index is 2.09. The van der Waals surface area contributed by atoms with Crippen molar-refractivity contribution < 1.29 is 19.1 Å². The molecular formula is C23H23ClN2O4. The van der Waals surface area contributed by atoms with E-state index in [1.165, 1.54) is 12.1 Å². The van der Waals surface area contributed by atoms with Crippen molar-refractivity contribution >= 4 is 41.2 Å². The van der Waals surface area contributed by atoms with Crippen LogP contribution in [0.4, 0.5) is 10.5 Å². The van der Waals surface area contributed by atoms with Crippen LogP contribution in [-0.4, -0.2) is 25.0 Å². The molecule has 0 radical (unpaired) electrons. The van der Waals surface area contributed by atoms with Gasteiger partial charge in [-0.15, -0.1) is 0 Å². The van der Waals surface area contributed by atoms with E-state index >= 15 is 0 Å². The van der Waals surface area contributed by atoms with Gasteiger partial charge in [-0.1, -0.05) is 31.5 Å². The number of carbonyl (C=O) groups is 3. The summed E-state index contributed by atoms with van der Waals surface area (Å²) in [6, 6.07) is 7.81. The van der Waals surface area contributed by atoms with E-state index < -0.39 is 17.8 Å². The molecule has 1 N–H and O–H groups in total. The third-order valence-corrected chi connectivity index (χ3v) is 5.46. The molecule has 0 atom stereocenters. The number of halogens is 1. The van der Waals surface area contributed by atoms with Crippen LogP contribution in [0.25, 0.3) is 6.08 Å². The van der Waals surface area contributed by atoms with Crippen molar-refractivity contribution in [2.75, 3.05) is 12.0 Å². The summed E-state index contributed by atoms with van der Waals surface area (Å²) in [6.07, 6.45) is 1.51. The Morgan fingerprint density at radius 2 is 1.77 bits per heavy atom. The van der Waals surface area contributed by atoms with Crippen LogP contribution in [0.1, 0.15) is 42.0 Å². The molecular weight excluding hydrogens is 404 g/mol. The Morgan fingerprint density at radius 3 is 2.37 bits per heavy atom. The number of hydrogen-bond donors (Lipinski definition) is 1. The maximum absolute atomic E-state index is 13.1. The molecule has 0 saturated carbocycles. The van der Waals surface area contributed by atoms with Crippen molar-refractivity contribution in [2.24, 2.45) is 0 Å². The van der Waals surface area contributed by atoms with Gasteiger partial charge in [0.2, 0.25) is 0 Å². The Hall–Kier alpha value is -3.12. The monoisotopic (exact) mass is 426 g/mol. The number of carbonyl (C=O) groups excluding carboxylic acids is 3. The molecule has 156 valence electrons. The van der Waals surface area contributed by atoms with Crippen LogP contribution < -0.4 is 15.0 Å². The minimum Gasteiger partial charge on any atom is -0.496 e. The minimum atomic E-state index is -0.809. The molecule has 30 heavy (non-hydrogen) atoms. The fourth-order valence-corrected chi connectivity index (χ4v) is 3.44. The van der Waals surface area contributed by atoms with Crippen LogP contribution >= 0.6 is 11.6 Å². The molecule has 1 aliphatic heterocycles. The van der Waals surface area contributed by atoms with Crippen molar-refractivity contribution in [1.82, 2.24) is 5.32 Å². The number of imide groups is 2. The fraction of sp³-hybridized carbons (Fsp3) is 0.261. The highest BCUT2D eigenvalue weighted by Crippen LogP contribution is 2.32. The quantitative estimate of drug-likeness (QED) is 0.565. The number of amides is 4. The van der Waals surface area contributed by atoms with E-state index in [0.717, 1.165) is 27.3 Å². The van der Waals surface area contributed by atoms with E-state index in [-0.39, 0.29) is 11.5 Å². The predicted molar refractivity (Wildman–Crippen MR) is 117 cm³/mol. The number of urea groups is 1. The van der Waals surface area contributed by atoms with Crippen molar-refractivity contribution in [1.29, 1.82) is 0 Å². The molecule has 4 amide bonds. The summed E-state index contributed by atoms with van der Waals surface area (Å²) < 4.78 is 5.45. The highest BCUT2D eigenvalue weighted by molar-refractivity contribution is 6.39. The lowest BCUT2D eigenvalue weighted by molar-refractivity contribution is -0.122. The molecule has 0 unspecified atom stereocenters. The van der Waals surface area contributed by atoms with Gasteiger partial charge in [0.1, 0.15) is 11.3 Å². The molecule has 6 nitrogen and oxygen atoms in total. The summed E-state index contributed by atoms with van der Waals surface area (Å²) in [5, 5.41) is 2.65. The summed E-state index contributed by atoms with van der Waals surface area (Å²) in [4.78, 5) is 38.9. The second-order valence-corrected chi connectivity index (χ2v) is 7.90. The number of methoxy groups -OCH3 is 1. The lowest BCUT2D eigenvalue weighted by Gasteiger charge is -2.27. The van der Waals surface area contributed by atoms with Crippen LogP contribution in [0.5, 0.6) is 5.75 Å². The molecule has 2 aromatic carbocycles. The van der Waals surface area contributed by atoms with Crippen molar-refractivity contribution in [3.8, 4) is 5.75 Å². The van der Waals surface area contributed by atoms with Gasteiger partial charge in [-0.2, -0.15) is 0 Å². The largest absolute Gasteiger partial charge is 0.496 e. The van der Waals surface area contributed by atoms with E-state index in [1.54, 1.807) is 19.2 Å². The van der Waals surface area contributed by atoms with Crippen LogP contribution in [0.2, 0.25) is 5.02 Å². The zero-order valence-electron chi connectivity index (χ0n) is 17.5. The first-order valence-corrected chi connectivity index (χ1v) is 9.88. The van der Waals surface area contributed by atoms with Gasteiger partial charge >= 0.3 is 6.03 Å². The second kappa shape index (κ2) is 8.32. The highest BCUT2D eigenvalue weighted by atomic mass is 35.5. The topological polar surface area (TPSA) is 75.7 Å². The Kier molecular flexibility index (Phi) is 5.99. The third kappa shape index (κ3) is 3.96. The first-order chi connectivity index (χ1) is 14.1. The molecule has 1 saturated heterocycles. The molecule has 0 aromatic heterocycles. The number of nitrogens with one attached hydrogen (secondary N) is 1. The molecule has 2 aromatic rings. The number of hydrogen-bond acceptors (Lipinski definition) is 4. The number of rotatable bonds is 4.